The van der Waals surface area contributed by atoms with Crippen molar-refractivity contribution in [1.29, 1.82) is 0 Å². The lowest BCUT2D eigenvalue weighted by Crippen LogP contribution is -2.62. The number of hydrogen-bond acceptors (Lipinski definition) is 9. The molecule has 0 saturated carbocycles. The van der Waals surface area contributed by atoms with Crippen LogP contribution in [0.15, 0.2) is 71.4 Å². The van der Waals surface area contributed by atoms with Gasteiger partial charge in [0.25, 0.3) is 0 Å². The molecule has 2 N–H and O–H groups in total. The van der Waals surface area contributed by atoms with Gasteiger partial charge in [-0.25, -0.2) is 4.79 Å². The largest absolute Gasteiger partial charge is 0.459 e. The van der Waals surface area contributed by atoms with E-state index in [0.29, 0.717) is 30.4 Å². The second-order valence-electron chi connectivity index (χ2n) is 12.0. The predicted octanol–water partition coefficient (Wildman–Crippen LogP) is 5.38. The van der Waals surface area contributed by atoms with Gasteiger partial charge in [-0.2, -0.15) is 0 Å². The number of carbonyl (C=O) groups is 3. The number of carbonyl (C=O) groups excluding carboxylic acids is 3. The summed E-state index contributed by atoms with van der Waals surface area (Å²) in [5.41, 5.74) is 1.50. The van der Waals surface area contributed by atoms with E-state index in [-0.39, 0.29) is 12.5 Å². The zero-order valence-corrected chi connectivity index (χ0v) is 27.4. The molecule has 7 unspecified atom stereocenters. The van der Waals surface area contributed by atoms with Crippen molar-refractivity contribution in [2.75, 3.05) is 0 Å². The fraction of sp³-hybridized carbons (Fsp3) is 0.571. The zero-order chi connectivity index (χ0) is 33.2. The second kappa shape index (κ2) is 16.8. The number of aliphatic hydroxyl groups is 2. The van der Waals surface area contributed by atoms with Gasteiger partial charge in [-0.05, 0) is 65.5 Å². The van der Waals surface area contributed by atoms with Gasteiger partial charge in [0.15, 0.2) is 12.2 Å². The topological polar surface area (TPSA) is 129 Å². The molecule has 0 aliphatic carbocycles. The number of cyclic esters (lactones) is 1. The summed E-state index contributed by atoms with van der Waals surface area (Å²) in [4.78, 5) is 37.9. The van der Waals surface area contributed by atoms with Crippen LogP contribution < -0.4 is 0 Å². The Hall–Kier alpha value is -3.11. The number of rotatable bonds is 6. The number of Topliss-reactive ketones (excluding diaryl/α,β-unsaturated/α-hetero) is 1. The Morgan fingerprint density at radius 3 is 2.41 bits per heavy atom. The van der Waals surface area contributed by atoms with Gasteiger partial charge in [0.1, 0.15) is 11.7 Å². The highest BCUT2D eigenvalue weighted by Gasteiger charge is 2.52. The first kappa shape index (κ1) is 37.1. The molecule has 1 saturated heterocycles. The fourth-order valence-electron chi connectivity index (χ4n) is 4.96. The van der Waals surface area contributed by atoms with E-state index < -0.39 is 59.9 Å². The van der Waals surface area contributed by atoms with Crippen LogP contribution in [0.1, 0.15) is 81.1 Å². The van der Waals surface area contributed by atoms with E-state index in [1.54, 1.807) is 58.9 Å². The van der Waals surface area contributed by atoms with Crippen LogP contribution in [0.2, 0.25) is 0 Å². The summed E-state index contributed by atoms with van der Waals surface area (Å²) in [6.45, 7) is 18.1. The smallest absolute Gasteiger partial charge is 0.333 e. The van der Waals surface area contributed by atoms with E-state index in [0.717, 1.165) is 11.1 Å². The molecule has 0 amide bonds. The molecule has 244 valence electrons. The molecular formula is C35H50O9. The van der Waals surface area contributed by atoms with Crippen molar-refractivity contribution in [2.45, 2.75) is 123 Å². The lowest BCUT2D eigenvalue weighted by Gasteiger charge is -2.44. The molecule has 44 heavy (non-hydrogen) atoms. The number of ketones is 1. The van der Waals surface area contributed by atoms with Crippen LogP contribution in [0.4, 0.5) is 0 Å². The molecule has 0 aromatic rings. The van der Waals surface area contributed by atoms with Crippen molar-refractivity contribution < 1.29 is 43.5 Å². The van der Waals surface area contributed by atoms with Crippen LogP contribution in [0.5, 0.6) is 0 Å². The Morgan fingerprint density at radius 2 is 1.80 bits per heavy atom. The van der Waals surface area contributed by atoms with Gasteiger partial charge in [-0.15, -0.1) is 6.58 Å². The van der Waals surface area contributed by atoms with E-state index >= 15 is 0 Å². The van der Waals surface area contributed by atoms with Gasteiger partial charge in [0.05, 0.1) is 12.2 Å². The van der Waals surface area contributed by atoms with Crippen LogP contribution >= 0.6 is 0 Å². The van der Waals surface area contributed by atoms with Crippen molar-refractivity contribution in [3.8, 4) is 0 Å². The van der Waals surface area contributed by atoms with Crippen LogP contribution in [-0.4, -0.2) is 70.3 Å². The summed E-state index contributed by atoms with van der Waals surface area (Å²) in [6, 6.07) is 0. The second-order valence-corrected chi connectivity index (χ2v) is 12.0. The lowest BCUT2D eigenvalue weighted by atomic mass is 9.89. The highest BCUT2D eigenvalue weighted by molar-refractivity contribution is 5.88. The minimum Gasteiger partial charge on any atom is -0.459 e. The minimum absolute atomic E-state index is 0.0818. The first-order chi connectivity index (χ1) is 20.6. The first-order valence-electron chi connectivity index (χ1n) is 15.3. The molecule has 2 heterocycles. The number of esters is 2. The third-order valence-corrected chi connectivity index (χ3v) is 7.83. The van der Waals surface area contributed by atoms with E-state index in [1.807, 2.05) is 39.0 Å². The number of ether oxygens (including phenoxy) is 4. The van der Waals surface area contributed by atoms with Crippen molar-refractivity contribution in [3.05, 3.63) is 71.4 Å². The van der Waals surface area contributed by atoms with Crippen molar-refractivity contribution in [2.24, 2.45) is 5.92 Å². The molecule has 9 heteroatoms. The fourth-order valence-corrected chi connectivity index (χ4v) is 4.96. The summed E-state index contributed by atoms with van der Waals surface area (Å²) in [5.74, 6) is -2.21. The number of aliphatic hydroxyl groups excluding tert-OH is 2. The minimum atomic E-state index is -1.65. The Bertz CT molecular complexity index is 1200. The summed E-state index contributed by atoms with van der Waals surface area (Å²) in [6.07, 6.45) is 7.83. The lowest BCUT2D eigenvalue weighted by molar-refractivity contribution is -0.273. The zero-order valence-electron chi connectivity index (χ0n) is 27.4. The SMILES string of the molecule is C=CC1/C=C(\C)C(O)C/C=C/C=C(\C)C(=O)OC(CC)C/C=C(C)/C=C(\C)C1OC1OC(C)(C)C(OC(=O)CC)C(O)C1=O. The molecule has 0 bridgehead atoms. The molecule has 0 aromatic carbocycles. The molecule has 2 aliphatic rings. The first-order valence-corrected chi connectivity index (χ1v) is 15.3. The molecule has 0 aromatic heterocycles. The highest BCUT2D eigenvalue weighted by Crippen LogP contribution is 2.33. The van der Waals surface area contributed by atoms with Gasteiger partial charge in [0.2, 0.25) is 12.1 Å². The average Bonchev–Trinajstić information content (AvgIpc) is 2.98. The third-order valence-electron chi connectivity index (χ3n) is 7.83. The van der Waals surface area contributed by atoms with Crippen molar-refractivity contribution in [1.82, 2.24) is 0 Å². The maximum Gasteiger partial charge on any atom is 0.333 e. The molecule has 9 nitrogen and oxygen atoms in total. The molecule has 7 atom stereocenters. The standard InChI is InChI=1S/C35H50O9/c1-10-25-20-23(6)27(36)16-14-13-15-22(5)33(40)41-26(11-2)18-17-21(4)19-24(7)31(25)43-34-30(39)29(38)32(35(8,9)44-34)42-28(37)12-3/h10,13-15,17,19-20,25-27,29,31-32,34,36,38H,1,11-12,16,18H2,2-9H3/b14-13+,21-17+,22-15+,23-20+,24-19+. The van der Waals surface area contributed by atoms with Gasteiger partial charge < -0.3 is 29.2 Å². The van der Waals surface area contributed by atoms with Gasteiger partial charge in [-0.1, -0.05) is 62.0 Å². The average molecular weight is 615 g/mol. The third kappa shape index (κ3) is 10.2. The Morgan fingerprint density at radius 1 is 1.11 bits per heavy atom. The monoisotopic (exact) mass is 614 g/mol. The molecule has 2 rings (SSSR count). The summed E-state index contributed by atoms with van der Waals surface area (Å²) in [5, 5.41) is 21.8. The Labute approximate surface area is 262 Å². The quantitative estimate of drug-likeness (QED) is 0.299. The highest BCUT2D eigenvalue weighted by atomic mass is 16.7. The number of hydrogen-bond donors (Lipinski definition) is 2. The van der Waals surface area contributed by atoms with Gasteiger partial charge in [0, 0.05) is 24.3 Å². The van der Waals surface area contributed by atoms with Crippen molar-refractivity contribution in [3.63, 3.8) is 0 Å². The van der Waals surface area contributed by atoms with Gasteiger partial charge >= 0.3 is 11.9 Å². The van der Waals surface area contributed by atoms with Crippen molar-refractivity contribution >= 4 is 17.7 Å². The van der Waals surface area contributed by atoms with Crippen LogP contribution in [0, 0.1) is 5.92 Å². The van der Waals surface area contributed by atoms with Crippen LogP contribution in [-0.2, 0) is 33.3 Å². The van der Waals surface area contributed by atoms with E-state index in [4.69, 9.17) is 18.9 Å². The summed E-state index contributed by atoms with van der Waals surface area (Å²) in [7, 11) is 0. The van der Waals surface area contributed by atoms with Gasteiger partial charge in [-0.3, -0.25) is 9.59 Å². The van der Waals surface area contributed by atoms with Crippen LogP contribution in [0.25, 0.3) is 0 Å². The summed E-state index contributed by atoms with van der Waals surface area (Å²) < 4.78 is 23.4. The Kier molecular flexibility index (Phi) is 14.2. The molecule has 0 spiro atoms. The van der Waals surface area contributed by atoms with E-state index in [2.05, 4.69) is 6.58 Å². The maximum absolute atomic E-state index is 13.3. The molecule has 2 aliphatic heterocycles. The molecule has 1 fully saturated rings. The normalized spacial score (nSPS) is 36.4. The number of allylic oxidation sites excluding steroid dienone is 4. The van der Waals surface area contributed by atoms with E-state index in [9.17, 15) is 24.6 Å². The molecular weight excluding hydrogens is 564 g/mol. The Balaban J connectivity index is 2.54. The summed E-state index contributed by atoms with van der Waals surface area (Å²) >= 11 is 0. The maximum atomic E-state index is 13.3. The van der Waals surface area contributed by atoms with Crippen LogP contribution in [0.3, 0.4) is 0 Å². The predicted molar refractivity (Wildman–Crippen MR) is 168 cm³/mol. The van der Waals surface area contributed by atoms with E-state index in [1.165, 1.54) is 0 Å². The molecule has 0 radical (unpaired) electrons.